The number of nitrogens with zero attached hydrogens (tertiary/aromatic N) is 2. The molecule has 1 heterocycles. The predicted molar refractivity (Wildman–Crippen MR) is 80.4 cm³/mol. The third-order valence-electron chi connectivity index (χ3n) is 3.13. The van der Waals surface area contributed by atoms with E-state index in [0.717, 1.165) is 27.1 Å². The summed E-state index contributed by atoms with van der Waals surface area (Å²) in [6.45, 7) is 3.72. The van der Waals surface area contributed by atoms with Crippen molar-refractivity contribution in [2.45, 2.75) is 27.0 Å². The number of nitrogens with one attached hydrogen (secondary N) is 1. The van der Waals surface area contributed by atoms with Gasteiger partial charge >= 0.3 is 0 Å². The van der Waals surface area contributed by atoms with Crippen molar-refractivity contribution in [2.75, 3.05) is 5.32 Å². The number of aliphatic hydroxyl groups excluding tert-OH is 1. The summed E-state index contributed by atoms with van der Waals surface area (Å²) in [5, 5.41) is 16.4. The fourth-order valence-corrected chi connectivity index (χ4v) is 2.39. The second-order valence-electron chi connectivity index (χ2n) is 4.49. The first-order valence-electron chi connectivity index (χ1n) is 6.21. The van der Waals surface area contributed by atoms with Crippen LogP contribution in [0.5, 0.6) is 0 Å². The minimum absolute atomic E-state index is 0.0660. The number of carbonyl (C=O) groups is 1. The number of amides is 1. The summed E-state index contributed by atoms with van der Waals surface area (Å²) in [7, 11) is 0. The summed E-state index contributed by atoms with van der Waals surface area (Å²) >= 11 is 3.38. The topological polar surface area (TPSA) is 67.2 Å². The molecule has 0 aliphatic heterocycles. The molecule has 0 fully saturated rings. The number of halogens is 1. The Morgan fingerprint density at radius 2 is 2.10 bits per heavy atom. The molecular weight excluding hydrogens is 322 g/mol. The van der Waals surface area contributed by atoms with Crippen LogP contribution in [0.3, 0.4) is 0 Å². The van der Waals surface area contributed by atoms with E-state index in [1.807, 2.05) is 38.1 Å². The molecule has 2 N–H and O–H groups in total. The molecule has 0 saturated carbocycles. The van der Waals surface area contributed by atoms with Crippen LogP contribution in [0.4, 0.5) is 5.69 Å². The van der Waals surface area contributed by atoms with Gasteiger partial charge in [0.2, 0.25) is 5.91 Å². The lowest BCUT2D eigenvalue weighted by Gasteiger charge is -2.08. The van der Waals surface area contributed by atoms with Crippen molar-refractivity contribution < 1.29 is 9.90 Å². The number of carbonyl (C=O) groups excluding carboxylic acids is 1. The molecule has 1 aromatic heterocycles. The van der Waals surface area contributed by atoms with Gasteiger partial charge in [0.05, 0.1) is 18.0 Å². The van der Waals surface area contributed by atoms with Gasteiger partial charge in [-0.2, -0.15) is 5.10 Å². The molecule has 5 nitrogen and oxygen atoms in total. The highest BCUT2D eigenvalue weighted by Crippen LogP contribution is 2.21. The number of anilines is 1. The van der Waals surface area contributed by atoms with Gasteiger partial charge in [0.25, 0.3) is 0 Å². The van der Waals surface area contributed by atoms with E-state index in [-0.39, 0.29) is 19.1 Å². The third kappa shape index (κ3) is 3.08. The molecule has 0 atom stereocenters. The van der Waals surface area contributed by atoms with Gasteiger partial charge in [0.15, 0.2) is 0 Å². The quantitative estimate of drug-likeness (QED) is 0.900. The summed E-state index contributed by atoms with van der Waals surface area (Å²) in [6, 6.07) is 7.42. The van der Waals surface area contributed by atoms with Gasteiger partial charge in [-0.1, -0.05) is 12.1 Å². The van der Waals surface area contributed by atoms with Gasteiger partial charge in [0.1, 0.15) is 6.54 Å². The molecule has 0 aliphatic carbocycles. The summed E-state index contributed by atoms with van der Waals surface area (Å²) in [5.74, 6) is -0.160. The number of benzene rings is 1. The number of aliphatic hydroxyl groups is 1. The Morgan fingerprint density at radius 1 is 1.40 bits per heavy atom. The van der Waals surface area contributed by atoms with Gasteiger partial charge in [-0.15, -0.1) is 0 Å². The average Bonchev–Trinajstić information content (AvgIpc) is 2.67. The van der Waals surface area contributed by atoms with Crippen LogP contribution in [0, 0.1) is 13.8 Å². The number of aryl methyl sites for hydroxylation is 1. The normalized spacial score (nSPS) is 10.6. The fraction of sp³-hybridized carbons (Fsp3) is 0.286. The second kappa shape index (κ2) is 6.19. The Kier molecular flexibility index (Phi) is 4.57. The molecular formula is C14H16BrN3O2. The second-order valence-corrected chi connectivity index (χ2v) is 5.35. The van der Waals surface area contributed by atoms with Gasteiger partial charge < -0.3 is 10.4 Å². The van der Waals surface area contributed by atoms with Crippen LogP contribution in [0.2, 0.25) is 0 Å². The van der Waals surface area contributed by atoms with Crippen molar-refractivity contribution in [1.82, 2.24) is 9.78 Å². The summed E-state index contributed by atoms with van der Waals surface area (Å²) in [6.07, 6.45) is 0. The van der Waals surface area contributed by atoms with Gasteiger partial charge in [0, 0.05) is 15.7 Å². The zero-order chi connectivity index (χ0) is 14.7. The Labute approximate surface area is 125 Å². The van der Waals surface area contributed by atoms with Gasteiger partial charge in [-0.25, -0.2) is 0 Å². The van der Waals surface area contributed by atoms with Crippen LogP contribution in [0.25, 0.3) is 0 Å². The predicted octanol–water partition coefficient (Wildman–Crippen LogP) is 2.39. The van der Waals surface area contributed by atoms with Crippen molar-refractivity contribution in [3.8, 4) is 0 Å². The lowest BCUT2D eigenvalue weighted by atomic mass is 10.2. The zero-order valence-electron chi connectivity index (χ0n) is 11.4. The Morgan fingerprint density at radius 3 is 2.70 bits per heavy atom. The Hall–Kier alpha value is -1.66. The zero-order valence-corrected chi connectivity index (χ0v) is 12.9. The van der Waals surface area contributed by atoms with Gasteiger partial charge in [-0.05, 0) is 41.9 Å². The highest BCUT2D eigenvalue weighted by atomic mass is 79.9. The Bertz CT molecular complexity index is 637. The van der Waals surface area contributed by atoms with Crippen molar-refractivity contribution in [3.63, 3.8) is 0 Å². The molecule has 1 aromatic carbocycles. The number of rotatable bonds is 4. The first kappa shape index (κ1) is 14.7. The lowest BCUT2D eigenvalue weighted by Crippen LogP contribution is -2.20. The maximum atomic E-state index is 12.0. The summed E-state index contributed by atoms with van der Waals surface area (Å²) < 4.78 is 2.44. The molecule has 0 spiro atoms. The van der Waals surface area contributed by atoms with Crippen LogP contribution in [0.15, 0.2) is 28.7 Å². The van der Waals surface area contributed by atoms with Crippen LogP contribution >= 0.6 is 15.9 Å². The molecule has 20 heavy (non-hydrogen) atoms. The van der Waals surface area contributed by atoms with E-state index in [1.54, 1.807) is 4.68 Å². The van der Waals surface area contributed by atoms with Crippen LogP contribution < -0.4 is 5.32 Å². The van der Waals surface area contributed by atoms with Crippen molar-refractivity contribution in [3.05, 3.63) is 45.7 Å². The van der Waals surface area contributed by atoms with Crippen LogP contribution in [-0.4, -0.2) is 20.8 Å². The standard InChI is InChI=1S/C14H16BrN3O2/c1-9-11(8-19)10(2)18(17-9)7-14(20)16-13-6-4-3-5-12(13)15/h3-6,19H,7-8H2,1-2H3,(H,16,20). The molecule has 0 bridgehead atoms. The van der Waals surface area contributed by atoms with E-state index in [2.05, 4.69) is 26.3 Å². The van der Waals surface area contributed by atoms with Crippen molar-refractivity contribution in [2.24, 2.45) is 0 Å². The van der Waals surface area contributed by atoms with Crippen LogP contribution in [-0.2, 0) is 17.9 Å². The van der Waals surface area contributed by atoms with Crippen LogP contribution in [0.1, 0.15) is 17.0 Å². The first-order valence-corrected chi connectivity index (χ1v) is 7.00. The lowest BCUT2D eigenvalue weighted by molar-refractivity contribution is -0.116. The first-order chi connectivity index (χ1) is 9.52. The molecule has 6 heteroatoms. The minimum atomic E-state index is -0.160. The van der Waals surface area contributed by atoms with E-state index in [0.29, 0.717) is 0 Å². The molecule has 1 amide bonds. The molecule has 0 unspecified atom stereocenters. The Balaban J connectivity index is 2.11. The van der Waals surface area contributed by atoms with E-state index in [4.69, 9.17) is 0 Å². The molecule has 0 aliphatic rings. The molecule has 0 radical (unpaired) electrons. The smallest absolute Gasteiger partial charge is 0.246 e. The van der Waals surface area contributed by atoms with E-state index in [1.165, 1.54) is 0 Å². The maximum Gasteiger partial charge on any atom is 0.246 e. The number of para-hydroxylation sites is 1. The number of aromatic nitrogens is 2. The minimum Gasteiger partial charge on any atom is -0.392 e. The summed E-state index contributed by atoms with van der Waals surface area (Å²) in [5.41, 5.74) is 3.06. The highest BCUT2D eigenvalue weighted by molar-refractivity contribution is 9.10. The summed E-state index contributed by atoms with van der Waals surface area (Å²) in [4.78, 5) is 12.0. The van der Waals surface area contributed by atoms with E-state index < -0.39 is 0 Å². The molecule has 2 rings (SSSR count). The monoisotopic (exact) mass is 337 g/mol. The van der Waals surface area contributed by atoms with Gasteiger partial charge in [-0.3, -0.25) is 9.48 Å². The number of hydrogen-bond acceptors (Lipinski definition) is 3. The van der Waals surface area contributed by atoms with E-state index in [9.17, 15) is 9.90 Å². The number of hydrogen-bond donors (Lipinski definition) is 2. The average molecular weight is 338 g/mol. The van der Waals surface area contributed by atoms with Crippen molar-refractivity contribution in [1.29, 1.82) is 0 Å². The van der Waals surface area contributed by atoms with Crippen molar-refractivity contribution >= 4 is 27.5 Å². The molecule has 106 valence electrons. The third-order valence-corrected chi connectivity index (χ3v) is 3.82. The fourth-order valence-electron chi connectivity index (χ4n) is 2.01. The largest absolute Gasteiger partial charge is 0.392 e. The maximum absolute atomic E-state index is 12.0. The highest BCUT2D eigenvalue weighted by Gasteiger charge is 2.13. The van der Waals surface area contributed by atoms with E-state index >= 15 is 0 Å². The molecule has 0 saturated heterocycles. The molecule has 2 aromatic rings. The SMILES string of the molecule is Cc1nn(CC(=O)Nc2ccccc2Br)c(C)c1CO.